The lowest BCUT2D eigenvalue weighted by Crippen LogP contribution is -2.42. The second kappa shape index (κ2) is 7.82. The molecule has 0 aromatic heterocycles. The number of fused-ring (bicyclic) bond motifs is 1. The van der Waals surface area contributed by atoms with Gasteiger partial charge >= 0.3 is 0 Å². The molecule has 6 heteroatoms. The van der Waals surface area contributed by atoms with E-state index in [2.05, 4.69) is 0 Å². The third kappa shape index (κ3) is 4.15. The predicted molar refractivity (Wildman–Crippen MR) is 107 cm³/mol. The molecule has 2 aliphatic heterocycles. The van der Waals surface area contributed by atoms with Gasteiger partial charge in [0, 0.05) is 36.9 Å². The number of halogens is 1. The average Bonchev–Trinajstić information content (AvgIpc) is 3.15. The highest BCUT2D eigenvalue weighted by Crippen LogP contribution is 2.46. The van der Waals surface area contributed by atoms with Crippen molar-refractivity contribution in [2.45, 2.75) is 33.7 Å². The molecule has 0 spiro atoms. The summed E-state index contributed by atoms with van der Waals surface area (Å²) in [4.78, 5) is 29.4. The Morgan fingerprint density at radius 1 is 1.22 bits per heavy atom. The summed E-state index contributed by atoms with van der Waals surface area (Å²) in [6.45, 7) is 9.77. The first-order valence-corrected chi connectivity index (χ1v) is 10.8. The first-order chi connectivity index (χ1) is 12.7. The van der Waals surface area contributed by atoms with Crippen molar-refractivity contribution < 1.29 is 14.0 Å². The lowest BCUT2D eigenvalue weighted by Gasteiger charge is -2.34. The standard InChI is InChI=1S/C21H29FN2O2S/c1-5-27-13-18(25)23-10-15-11-24(20(26)21(2,3)4)19(17(15)12-23)14-7-6-8-16(22)9-14/h6-9,15,17,19H,5,10-13H2,1-4H3/t15-,17-,19+/m0/s1. The fourth-order valence-electron chi connectivity index (χ4n) is 4.29. The molecular weight excluding hydrogens is 363 g/mol. The number of hydrogen-bond donors (Lipinski definition) is 0. The Kier molecular flexibility index (Phi) is 5.84. The molecule has 0 N–H and O–H groups in total. The van der Waals surface area contributed by atoms with Gasteiger partial charge in [0.15, 0.2) is 0 Å². The van der Waals surface area contributed by atoms with Crippen LogP contribution < -0.4 is 0 Å². The minimum absolute atomic E-state index is 0.0885. The van der Waals surface area contributed by atoms with Gasteiger partial charge in [-0.2, -0.15) is 11.8 Å². The van der Waals surface area contributed by atoms with Gasteiger partial charge in [0.1, 0.15) is 5.82 Å². The maximum Gasteiger partial charge on any atom is 0.232 e. The monoisotopic (exact) mass is 392 g/mol. The quantitative estimate of drug-likeness (QED) is 0.786. The molecule has 0 radical (unpaired) electrons. The summed E-state index contributed by atoms with van der Waals surface area (Å²) in [5, 5.41) is 0. The molecule has 0 bridgehead atoms. The van der Waals surface area contributed by atoms with E-state index >= 15 is 0 Å². The first-order valence-electron chi connectivity index (χ1n) is 9.64. The fraction of sp³-hybridized carbons (Fsp3) is 0.619. The molecule has 2 amide bonds. The topological polar surface area (TPSA) is 40.6 Å². The molecule has 0 aliphatic carbocycles. The number of amides is 2. The lowest BCUT2D eigenvalue weighted by atomic mass is 9.88. The van der Waals surface area contributed by atoms with E-state index in [0.29, 0.717) is 25.4 Å². The zero-order chi connectivity index (χ0) is 19.8. The van der Waals surface area contributed by atoms with Crippen molar-refractivity contribution in [1.29, 1.82) is 0 Å². The van der Waals surface area contributed by atoms with E-state index in [1.165, 1.54) is 12.1 Å². The molecule has 27 heavy (non-hydrogen) atoms. The summed E-state index contributed by atoms with van der Waals surface area (Å²) >= 11 is 1.63. The Morgan fingerprint density at radius 2 is 1.96 bits per heavy atom. The van der Waals surface area contributed by atoms with Gasteiger partial charge in [0.2, 0.25) is 11.8 Å². The van der Waals surface area contributed by atoms with Crippen LogP contribution in [0.25, 0.3) is 0 Å². The van der Waals surface area contributed by atoms with Crippen molar-refractivity contribution in [1.82, 2.24) is 9.80 Å². The Hall–Kier alpha value is -1.56. The van der Waals surface area contributed by atoms with Crippen molar-refractivity contribution in [3.05, 3.63) is 35.6 Å². The molecule has 2 heterocycles. The van der Waals surface area contributed by atoms with Gasteiger partial charge in [-0.1, -0.05) is 39.8 Å². The van der Waals surface area contributed by atoms with Gasteiger partial charge in [-0.25, -0.2) is 4.39 Å². The Balaban J connectivity index is 1.87. The third-order valence-corrected chi connectivity index (χ3v) is 6.40. The van der Waals surface area contributed by atoms with Gasteiger partial charge in [-0.05, 0) is 23.4 Å². The van der Waals surface area contributed by atoms with Crippen molar-refractivity contribution in [2.24, 2.45) is 17.3 Å². The maximum atomic E-state index is 13.9. The van der Waals surface area contributed by atoms with Crippen LogP contribution >= 0.6 is 11.8 Å². The zero-order valence-corrected chi connectivity index (χ0v) is 17.4. The number of thioether (sulfide) groups is 1. The lowest BCUT2D eigenvalue weighted by molar-refractivity contribution is -0.141. The van der Waals surface area contributed by atoms with E-state index in [1.807, 2.05) is 43.6 Å². The van der Waals surface area contributed by atoms with E-state index in [-0.39, 0.29) is 35.5 Å². The van der Waals surface area contributed by atoms with E-state index in [4.69, 9.17) is 0 Å². The van der Waals surface area contributed by atoms with Crippen LogP contribution in [0.15, 0.2) is 24.3 Å². The van der Waals surface area contributed by atoms with Gasteiger partial charge in [0.25, 0.3) is 0 Å². The number of nitrogens with zero attached hydrogens (tertiary/aromatic N) is 2. The van der Waals surface area contributed by atoms with Crippen molar-refractivity contribution in [3.8, 4) is 0 Å². The smallest absolute Gasteiger partial charge is 0.232 e. The Labute approximate surface area is 165 Å². The summed E-state index contributed by atoms with van der Waals surface area (Å²) in [7, 11) is 0. The molecule has 2 aliphatic rings. The summed E-state index contributed by atoms with van der Waals surface area (Å²) in [6.07, 6.45) is 0. The molecule has 2 fully saturated rings. The second-order valence-electron chi connectivity index (χ2n) is 8.57. The van der Waals surface area contributed by atoms with E-state index in [9.17, 15) is 14.0 Å². The molecule has 0 saturated carbocycles. The molecular formula is C21H29FN2O2S. The molecule has 2 saturated heterocycles. The van der Waals surface area contributed by atoms with Gasteiger partial charge < -0.3 is 9.80 Å². The van der Waals surface area contributed by atoms with Gasteiger partial charge in [-0.15, -0.1) is 0 Å². The minimum Gasteiger partial charge on any atom is -0.341 e. The number of rotatable bonds is 4. The molecule has 3 rings (SSSR count). The SMILES string of the molecule is CCSCC(=O)N1C[C@H]2CN(C(=O)C(C)(C)C)[C@H](c3cccc(F)c3)[C@H]2C1. The van der Waals surface area contributed by atoms with Crippen LogP contribution in [0.1, 0.15) is 39.3 Å². The highest BCUT2D eigenvalue weighted by atomic mass is 32.2. The molecule has 148 valence electrons. The van der Waals surface area contributed by atoms with Crippen molar-refractivity contribution in [3.63, 3.8) is 0 Å². The van der Waals surface area contributed by atoms with E-state index in [1.54, 1.807) is 17.8 Å². The summed E-state index contributed by atoms with van der Waals surface area (Å²) in [5.41, 5.74) is 0.342. The molecule has 3 atom stereocenters. The minimum atomic E-state index is -0.489. The van der Waals surface area contributed by atoms with Crippen LogP contribution in [0.3, 0.4) is 0 Å². The third-order valence-electron chi connectivity index (χ3n) is 5.54. The highest BCUT2D eigenvalue weighted by molar-refractivity contribution is 7.99. The van der Waals surface area contributed by atoms with Crippen LogP contribution in [0.2, 0.25) is 0 Å². The van der Waals surface area contributed by atoms with Gasteiger partial charge in [-0.3, -0.25) is 9.59 Å². The van der Waals surface area contributed by atoms with Crippen LogP contribution in [0.4, 0.5) is 4.39 Å². The van der Waals surface area contributed by atoms with Crippen molar-refractivity contribution in [2.75, 3.05) is 31.1 Å². The number of likely N-dealkylation sites (tertiary alicyclic amines) is 2. The molecule has 1 aromatic rings. The molecule has 4 nitrogen and oxygen atoms in total. The zero-order valence-electron chi connectivity index (χ0n) is 16.6. The van der Waals surface area contributed by atoms with Crippen LogP contribution in [-0.4, -0.2) is 52.8 Å². The Morgan fingerprint density at radius 3 is 2.59 bits per heavy atom. The number of hydrogen-bond acceptors (Lipinski definition) is 3. The largest absolute Gasteiger partial charge is 0.341 e. The predicted octanol–water partition coefficient (Wildman–Crippen LogP) is 3.58. The molecule has 1 aromatic carbocycles. The number of carbonyl (C=O) groups excluding carboxylic acids is 2. The maximum absolute atomic E-state index is 13.9. The van der Waals surface area contributed by atoms with Crippen molar-refractivity contribution >= 4 is 23.6 Å². The second-order valence-corrected chi connectivity index (χ2v) is 9.84. The van der Waals surface area contributed by atoms with Gasteiger partial charge in [0.05, 0.1) is 11.8 Å². The molecule has 0 unspecified atom stereocenters. The number of benzene rings is 1. The summed E-state index contributed by atoms with van der Waals surface area (Å²) in [5.74, 6) is 1.81. The average molecular weight is 393 g/mol. The highest BCUT2D eigenvalue weighted by Gasteiger charge is 2.51. The van der Waals surface area contributed by atoms with Crippen LogP contribution in [-0.2, 0) is 9.59 Å². The Bertz CT molecular complexity index is 718. The fourth-order valence-corrected chi connectivity index (χ4v) is 4.85. The van der Waals surface area contributed by atoms with Crippen LogP contribution in [0.5, 0.6) is 0 Å². The van der Waals surface area contributed by atoms with E-state index in [0.717, 1.165) is 11.3 Å². The summed E-state index contributed by atoms with van der Waals surface area (Å²) in [6, 6.07) is 6.39. The number of carbonyl (C=O) groups is 2. The summed E-state index contributed by atoms with van der Waals surface area (Å²) < 4.78 is 13.9. The van der Waals surface area contributed by atoms with E-state index < -0.39 is 5.41 Å². The van der Waals surface area contributed by atoms with Crippen LogP contribution in [0, 0.1) is 23.1 Å². The first kappa shape index (κ1) is 20.2. The normalized spacial score (nSPS) is 25.0.